The Morgan fingerprint density at radius 3 is 2.66 bits per heavy atom. The van der Waals surface area contributed by atoms with E-state index in [4.69, 9.17) is 11.6 Å². The van der Waals surface area contributed by atoms with Gasteiger partial charge in [0.15, 0.2) is 10.9 Å². The first-order chi connectivity index (χ1) is 16.6. The SMILES string of the molecule is CN(C)CCCN(C(=O)C1CCCCN1S(=O)(=O)c1ccc(Cl)s1)c1nc2c(F)cc(F)cc2s1. The lowest BCUT2D eigenvalue weighted by Gasteiger charge is -2.36. The van der Waals surface area contributed by atoms with E-state index in [2.05, 4.69) is 4.98 Å². The second-order valence-electron chi connectivity index (χ2n) is 8.56. The van der Waals surface area contributed by atoms with Gasteiger partial charge in [-0.1, -0.05) is 29.4 Å². The van der Waals surface area contributed by atoms with E-state index in [0.717, 1.165) is 28.7 Å². The number of fused-ring (bicyclic) bond motifs is 1. The van der Waals surface area contributed by atoms with E-state index < -0.39 is 33.6 Å². The molecule has 0 bridgehead atoms. The normalized spacial score (nSPS) is 17.4. The molecule has 7 nitrogen and oxygen atoms in total. The van der Waals surface area contributed by atoms with Gasteiger partial charge in [-0.3, -0.25) is 9.69 Å². The van der Waals surface area contributed by atoms with Crippen molar-refractivity contribution in [3.05, 3.63) is 40.2 Å². The van der Waals surface area contributed by atoms with Crippen molar-refractivity contribution in [1.29, 1.82) is 0 Å². The molecule has 1 unspecified atom stereocenters. The van der Waals surface area contributed by atoms with Crippen LogP contribution in [0.2, 0.25) is 4.34 Å². The molecule has 0 N–H and O–H groups in total. The first-order valence-electron chi connectivity index (χ1n) is 11.1. The highest BCUT2D eigenvalue weighted by Gasteiger charge is 2.41. The maximum absolute atomic E-state index is 14.3. The number of amides is 1. The van der Waals surface area contributed by atoms with Crippen LogP contribution < -0.4 is 4.90 Å². The Morgan fingerprint density at radius 2 is 1.97 bits per heavy atom. The lowest BCUT2D eigenvalue weighted by molar-refractivity contribution is -0.123. The van der Waals surface area contributed by atoms with Crippen molar-refractivity contribution >= 4 is 65.6 Å². The summed E-state index contributed by atoms with van der Waals surface area (Å²) in [6, 6.07) is 3.97. The number of thiazole rings is 1. The molecule has 1 saturated heterocycles. The standard InChI is InChI=1S/C22H25ClF2N4O3S3/c1-27(2)9-5-10-28(22-26-20-15(25)12-14(24)13-17(20)33-22)21(30)16-6-3-4-11-29(16)35(31,32)19-8-7-18(23)34-19/h7-8,12-13,16H,3-6,9-11H2,1-2H3. The van der Waals surface area contributed by atoms with Gasteiger partial charge in [-0.05, 0) is 58.1 Å². The van der Waals surface area contributed by atoms with Crippen LogP contribution in [0, 0.1) is 11.6 Å². The number of carbonyl (C=O) groups excluding carboxylic acids is 1. The summed E-state index contributed by atoms with van der Waals surface area (Å²) in [4.78, 5) is 21.6. The van der Waals surface area contributed by atoms with Crippen molar-refractivity contribution in [1.82, 2.24) is 14.2 Å². The molecular weight excluding hydrogens is 538 g/mol. The number of hydrogen-bond donors (Lipinski definition) is 0. The van der Waals surface area contributed by atoms with Crippen LogP contribution in [-0.4, -0.2) is 68.3 Å². The summed E-state index contributed by atoms with van der Waals surface area (Å²) in [5.41, 5.74) is -0.0156. The van der Waals surface area contributed by atoms with Gasteiger partial charge in [0.2, 0.25) is 5.91 Å². The van der Waals surface area contributed by atoms with Gasteiger partial charge in [0, 0.05) is 19.2 Å². The summed E-state index contributed by atoms with van der Waals surface area (Å²) in [6.07, 6.45) is 2.27. The van der Waals surface area contributed by atoms with E-state index in [0.29, 0.717) is 36.6 Å². The van der Waals surface area contributed by atoms with Crippen LogP contribution in [0.3, 0.4) is 0 Å². The number of aromatic nitrogens is 1. The molecule has 1 amide bonds. The minimum absolute atomic E-state index is 0.0156. The minimum atomic E-state index is -3.94. The molecule has 3 aromatic rings. The topological polar surface area (TPSA) is 73.8 Å². The number of anilines is 1. The van der Waals surface area contributed by atoms with Crippen LogP contribution in [0.15, 0.2) is 28.5 Å². The predicted octanol–water partition coefficient (Wildman–Crippen LogP) is 4.82. The molecular formula is C22H25ClF2N4O3S3. The number of carbonyl (C=O) groups is 1. The molecule has 2 aromatic heterocycles. The molecule has 1 fully saturated rings. The van der Waals surface area contributed by atoms with Crippen LogP contribution in [-0.2, 0) is 14.8 Å². The Morgan fingerprint density at radius 1 is 1.20 bits per heavy atom. The monoisotopic (exact) mass is 562 g/mol. The fourth-order valence-electron chi connectivity index (χ4n) is 4.08. The summed E-state index contributed by atoms with van der Waals surface area (Å²) in [5.74, 6) is -1.95. The molecule has 0 radical (unpaired) electrons. The number of halogens is 3. The number of rotatable bonds is 8. The van der Waals surface area contributed by atoms with Crippen molar-refractivity contribution in [3.8, 4) is 0 Å². The Balaban J connectivity index is 1.70. The van der Waals surface area contributed by atoms with Crippen molar-refractivity contribution in [3.63, 3.8) is 0 Å². The predicted molar refractivity (Wildman–Crippen MR) is 136 cm³/mol. The van der Waals surface area contributed by atoms with Crippen LogP contribution in [0.1, 0.15) is 25.7 Å². The molecule has 0 saturated carbocycles. The van der Waals surface area contributed by atoms with Crippen molar-refractivity contribution in [2.24, 2.45) is 0 Å². The van der Waals surface area contributed by atoms with Crippen molar-refractivity contribution < 1.29 is 22.0 Å². The van der Waals surface area contributed by atoms with Gasteiger partial charge < -0.3 is 4.90 Å². The minimum Gasteiger partial charge on any atom is -0.309 e. The zero-order chi connectivity index (χ0) is 25.3. The largest absolute Gasteiger partial charge is 0.309 e. The summed E-state index contributed by atoms with van der Waals surface area (Å²) in [6.45, 7) is 1.15. The zero-order valence-electron chi connectivity index (χ0n) is 19.2. The Hall–Kier alpha value is -1.70. The number of hydrogen-bond acceptors (Lipinski definition) is 7. The lowest BCUT2D eigenvalue weighted by atomic mass is 10.0. The molecule has 35 heavy (non-hydrogen) atoms. The van der Waals surface area contributed by atoms with Gasteiger partial charge in [0.1, 0.15) is 21.6 Å². The average molecular weight is 563 g/mol. The van der Waals surface area contributed by atoms with Gasteiger partial charge in [0.25, 0.3) is 10.0 Å². The van der Waals surface area contributed by atoms with Crippen LogP contribution in [0.25, 0.3) is 10.2 Å². The van der Waals surface area contributed by atoms with Crippen LogP contribution in [0.5, 0.6) is 0 Å². The van der Waals surface area contributed by atoms with Crippen LogP contribution in [0.4, 0.5) is 13.9 Å². The molecule has 13 heteroatoms. The van der Waals surface area contributed by atoms with E-state index in [9.17, 15) is 22.0 Å². The molecule has 1 atom stereocenters. The van der Waals surface area contributed by atoms with E-state index in [1.54, 1.807) is 0 Å². The molecule has 1 aromatic carbocycles. The first kappa shape index (κ1) is 26.4. The molecule has 0 spiro atoms. The number of benzene rings is 1. The third kappa shape index (κ3) is 5.67. The quantitative estimate of drug-likeness (QED) is 0.394. The van der Waals surface area contributed by atoms with Gasteiger partial charge in [0.05, 0.1) is 9.04 Å². The lowest BCUT2D eigenvalue weighted by Crippen LogP contribution is -2.53. The summed E-state index contributed by atoms with van der Waals surface area (Å²) >= 11 is 7.93. The van der Waals surface area contributed by atoms with E-state index in [1.165, 1.54) is 27.4 Å². The highest BCUT2D eigenvalue weighted by Crippen LogP contribution is 2.35. The van der Waals surface area contributed by atoms with E-state index in [-0.39, 0.29) is 32.6 Å². The van der Waals surface area contributed by atoms with Gasteiger partial charge in [-0.15, -0.1) is 11.3 Å². The maximum Gasteiger partial charge on any atom is 0.253 e. The smallest absolute Gasteiger partial charge is 0.253 e. The third-order valence-electron chi connectivity index (χ3n) is 5.74. The molecule has 1 aliphatic rings. The number of sulfonamides is 1. The third-order valence-corrected chi connectivity index (χ3v) is 10.4. The first-order valence-corrected chi connectivity index (χ1v) is 14.5. The summed E-state index contributed by atoms with van der Waals surface area (Å²) in [5, 5.41) is 0.218. The van der Waals surface area contributed by atoms with Gasteiger partial charge in [-0.2, -0.15) is 4.31 Å². The molecule has 1 aliphatic heterocycles. The molecule has 0 aliphatic carbocycles. The van der Waals surface area contributed by atoms with Crippen molar-refractivity contribution in [2.45, 2.75) is 35.9 Å². The Labute approximate surface area is 216 Å². The maximum atomic E-state index is 14.3. The van der Waals surface area contributed by atoms with Gasteiger partial charge in [-0.25, -0.2) is 22.2 Å². The highest BCUT2D eigenvalue weighted by atomic mass is 35.5. The van der Waals surface area contributed by atoms with Gasteiger partial charge >= 0.3 is 0 Å². The second kappa shape index (κ2) is 10.7. The molecule has 3 heterocycles. The fraction of sp³-hybridized carbons (Fsp3) is 0.455. The zero-order valence-corrected chi connectivity index (χ0v) is 22.4. The van der Waals surface area contributed by atoms with Crippen molar-refractivity contribution in [2.75, 3.05) is 38.6 Å². The van der Waals surface area contributed by atoms with E-state index in [1.807, 2.05) is 19.0 Å². The molecule has 190 valence electrons. The Bertz CT molecular complexity index is 1330. The fourth-order valence-corrected chi connectivity index (χ4v) is 8.38. The number of nitrogens with zero attached hydrogens (tertiary/aromatic N) is 4. The Kier molecular flexibility index (Phi) is 8.08. The average Bonchev–Trinajstić information content (AvgIpc) is 3.43. The number of thiophene rings is 1. The molecule has 4 rings (SSSR count). The summed E-state index contributed by atoms with van der Waals surface area (Å²) < 4.78 is 56.9. The summed E-state index contributed by atoms with van der Waals surface area (Å²) in [7, 11) is -0.124. The van der Waals surface area contributed by atoms with E-state index >= 15 is 0 Å². The number of piperidine rings is 1. The highest BCUT2D eigenvalue weighted by molar-refractivity contribution is 7.91. The second-order valence-corrected chi connectivity index (χ2v) is 13.4. The van der Waals surface area contributed by atoms with Crippen LogP contribution >= 0.6 is 34.3 Å².